The number of Topliss-reactive ketones (excluding diaryl/α,β-unsaturated/α-hetero) is 2. The van der Waals surface area contributed by atoms with Crippen molar-refractivity contribution in [2.24, 2.45) is 11.8 Å². The summed E-state index contributed by atoms with van der Waals surface area (Å²) in [5.41, 5.74) is 4.55. The van der Waals surface area contributed by atoms with E-state index in [-0.39, 0.29) is 29.2 Å². The molecule has 0 heterocycles. The first-order valence-electron chi connectivity index (χ1n) is 11.1. The third kappa shape index (κ3) is 6.10. The van der Waals surface area contributed by atoms with E-state index in [0.29, 0.717) is 17.5 Å². The number of carbonyl (C=O) groups is 3. The Morgan fingerprint density at radius 1 is 0.719 bits per heavy atom. The van der Waals surface area contributed by atoms with Crippen LogP contribution in [0.4, 0.5) is 0 Å². The van der Waals surface area contributed by atoms with Gasteiger partial charge in [-0.15, -0.1) is 0 Å². The largest absolute Gasteiger partial charge is 0.300 e. The number of hydrogen-bond acceptors (Lipinski definition) is 3. The molecule has 3 rings (SSSR count). The van der Waals surface area contributed by atoms with Crippen molar-refractivity contribution < 1.29 is 14.4 Å². The summed E-state index contributed by atoms with van der Waals surface area (Å²) in [5.74, 6) is 0.119. The van der Waals surface area contributed by atoms with E-state index in [1.807, 2.05) is 61.5 Å². The zero-order valence-electron chi connectivity index (χ0n) is 19.0. The van der Waals surface area contributed by atoms with Crippen molar-refractivity contribution in [1.82, 2.24) is 0 Å². The Kier molecular flexibility index (Phi) is 7.88. The van der Waals surface area contributed by atoms with Gasteiger partial charge in [-0.25, -0.2) is 0 Å². The molecule has 0 saturated heterocycles. The van der Waals surface area contributed by atoms with Crippen LogP contribution >= 0.6 is 0 Å². The van der Waals surface area contributed by atoms with Crippen molar-refractivity contribution in [3.05, 3.63) is 95.6 Å². The Morgan fingerprint density at radius 2 is 1.38 bits per heavy atom. The van der Waals surface area contributed by atoms with Crippen LogP contribution in [0.25, 0.3) is 11.1 Å². The van der Waals surface area contributed by atoms with E-state index in [1.165, 1.54) is 0 Å². The molecule has 0 aromatic heterocycles. The predicted octanol–water partition coefficient (Wildman–Crippen LogP) is 6.34. The Bertz CT molecular complexity index is 1080. The summed E-state index contributed by atoms with van der Waals surface area (Å²) < 4.78 is 0. The molecular weight excluding hydrogens is 396 g/mol. The van der Waals surface area contributed by atoms with Crippen molar-refractivity contribution in [3.63, 3.8) is 0 Å². The molecule has 2 atom stereocenters. The van der Waals surface area contributed by atoms with Gasteiger partial charge in [-0.3, -0.25) is 14.4 Å². The summed E-state index contributed by atoms with van der Waals surface area (Å²) in [5, 5.41) is 0. The maximum absolute atomic E-state index is 12.8. The highest BCUT2D eigenvalue weighted by atomic mass is 16.1. The third-order valence-corrected chi connectivity index (χ3v) is 6.14. The quantitative estimate of drug-likeness (QED) is 0.356. The van der Waals surface area contributed by atoms with Gasteiger partial charge < -0.3 is 0 Å². The smallest absolute Gasteiger partial charge is 0.193 e. The molecule has 2 unspecified atom stereocenters. The average molecular weight is 427 g/mol. The monoisotopic (exact) mass is 426 g/mol. The second-order valence-corrected chi connectivity index (χ2v) is 8.57. The van der Waals surface area contributed by atoms with Crippen molar-refractivity contribution >= 4 is 17.3 Å². The lowest BCUT2D eigenvalue weighted by atomic mass is 9.86. The third-order valence-electron chi connectivity index (χ3n) is 6.14. The van der Waals surface area contributed by atoms with E-state index in [2.05, 4.69) is 24.3 Å². The van der Waals surface area contributed by atoms with Crippen LogP contribution in [0.5, 0.6) is 0 Å². The van der Waals surface area contributed by atoms with E-state index >= 15 is 0 Å². The molecule has 0 spiro atoms. The van der Waals surface area contributed by atoms with Crippen LogP contribution < -0.4 is 0 Å². The lowest BCUT2D eigenvalue weighted by Crippen LogP contribution is -2.19. The van der Waals surface area contributed by atoms with Crippen molar-refractivity contribution in [2.45, 2.75) is 40.0 Å². The molecule has 0 fully saturated rings. The van der Waals surface area contributed by atoms with Gasteiger partial charge >= 0.3 is 0 Å². The maximum Gasteiger partial charge on any atom is 0.193 e. The predicted molar refractivity (Wildman–Crippen MR) is 129 cm³/mol. The maximum atomic E-state index is 12.8. The molecule has 0 N–H and O–H groups in total. The number of hydrogen-bond donors (Lipinski definition) is 0. The number of rotatable bonds is 10. The minimum Gasteiger partial charge on any atom is -0.300 e. The molecule has 0 bridgehead atoms. The zero-order chi connectivity index (χ0) is 23.1. The average Bonchev–Trinajstić information content (AvgIpc) is 2.81. The Morgan fingerprint density at radius 3 is 2.00 bits per heavy atom. The van der Waals surface area contributed by atoms with Crippen LogP contribution in [0, 0.1) is 11.8 Å². The molecule has 0 aliphatic rings. The Hall–Kier alpha value is -3.33. The van der Waals surface area contributed by atoms with Gasteiger partial charge in [0.2, 0.25) is 0 Å². The topological polar surface area (TPSA) is 51.2 Å². The fourth-order valence-electron chi connectivity index (χ4n) is 3.88. The number of carbonyl (C=O) groups excluding carboxylic acids is 3. The Labute approximate surface area is 190 Å². The number of benzene rings is 3. The van der Waals surface area contributed by atoms with E-state index in [9.17, 15) is 14.4 Å². The summed E-state index contributed by atoms with van der Waals surface area (Å²) in [4.78, 5) is 36.3. The molecule has 3 aromatic rings. The molecule has 0 amide bonds. The van der Waals surface area contributed by atoms with Gasteiger partial charge in [0.15, 0.2) is 5.78 Å². The van der Waals surface area contributed by atoms with Crippen molar-refractivity contribution in [1.29, 1.82) is 0 Å². The van der Waals surface area contributed by atoms with Crippen LogP contribution in [0.2, 0.25) is 0 Å². The first-order valence-corrected chi connectivity index (χ1v) is 11.1. The van der Waals surface area contributed by atoms with E-state index in [4.69, 9.17) is 0 Å². The zero-order valence-corrected chi connectivity index (χ0v) is 19.0. The van der Waals surface area contributed by atoms with Crippen molar-refractivity contribution in [2.75, 3.05) is 0 Å². The van der Waals surface area contributed by atoms with Gasteiger partial charge in [0.05, 0.1) is 0 Å². The molecule has 3 aromatic carbocycles. The lowest BCUT2D eigenvalue weighted by molar-refractivity contribution is -0.123. The molecule has 32 heavy (non-hydrogen) atoms. The summed E-state index contributed by atoms with van der Waals surface area (Å²) in [6, 6.07) is 25.3. The van der Waals surface area contributed by atoms with Gasteiger partial charge in [-0.2, -0.15) is 0 Å². The van der Waals surface area contributed by atoms with Gasteiger partial charge in [0.25, 0.3) is 0 Å². The van der Waals surface area contributed by atoms with E-state index < -0.39 is 0 Å². The summed E-state index contributed by atoms with van der Waals surface area (Å²) in [6.45, 7) is 5.09. The molecular formula is C29H30O3. The van der Waals surface area contributed by atoms with Crippen LogP contribution in [-0.4, -0.2) is 17.3 Å². The molecule has 0 radical (unpaired) electrons. The molecule has 0 saturated carbocycles. The number of ketones is 3. The van der Waals surface area contributed by atoms with Crippen molar-refractivity contribution in [3.8, 4) is 11.1 Å². The lowest BCUT2D eigenvalue weighted by Gasteiger charge is -2.17. The summed E-state index contributed by atoms with van der Waals surface area (Å²) in [6.07, 6.45) is 2.15. The molecule has 164 valence electrons. The normalized spacial score (nSPS) is 12.7. The van der Waals surface area contributed by atoms with Crippen LogP contribution in [0.15, 0.2) is 78.9 Å². The summed E-state index contributed by atoms with van der Waals surface area (Å²) in [7, 11) is 0. The highest BCUT2D eigenvalue weighted by Crippen LogP contribution is 2.24. The molecule has 0 aliphatic heterocycles. The minimum atomic E-state index is -0.0887. The fourth-order valence-corrected chi connectivity index (χ4v) is 3.88. The highest BCUT2D eigenvalue weighted by Gasteiger charge is 2.20. The SMILES string of the molecule is CC(=O)C(C)CC(CCc1ccc(-c2cccc(C(=O)c3ccccc3)c2)cc1)C(C)=O. The van der Waals surface area contributed by atoms with Gasteiger partial charge in [0.1, 0.15) is 11.6 Å². The fraction of sp³-hybridized carbons (Fsp3) is 0.276. The van der Waals surface area contributed by atoms with Gasteiger partial charge in [-0.1, -0.05) is 79.7 Å². The Balaban J connectivity index is 1.68. The van der Waals surface area contributed by atoms with E-state index in [0.717, 1.165) is 29.5 Å². The van der Waals surface area contributed by atoms with Crippen LogP contribution in [0.1, 0.15) is 55.1 Å². The standard InChI is InChI=1S/C29H30O3/c1-20(21(2)30)18-26(22(3)31)17-14-23-12-15-24(16-13-23)27-10-7-11-28(19-27)29(32)25-8-5-4-6-9-25/h4-13,15-16,19-20,26H,14,17-18H2,1-3H3. The van der Waals surface area contributed by atoms with Gasteiger partial charge in [0, 0.05) is 23.0 Å². The van der Waals surface area contributed by atoms with Gasteiger partial charge in [-0.05, 0) is 55.9 Å². The van der Waals surface area contributed by atoms with Crippen LogP contribution in [0.3, 0.4) is 0 Å². The second kappa shape index (κ2) is 10.8. The molecule has 3 heteroatoms. The first-order chi connectivity index (χ1) is 15.3. The molecule has 0 aliphatic carbocycles. The number of aryl methyl sites for hydroxylation is 1. The summed E-state index contributed by atoms with van der Waals surface area (Å²) >= 11 is 0. The highest BCUT2D eigenvalue weighted by molar-refractivity contribution is 6.09. The molecule has 3 nitrogen and oxygen atoms in total. The van der Waals surface area contributed by atoms with Crippen LogP contribution in [-0.2, 0) is 16.0 Å². The second-order valence-electron chi connectivity index (χ2n) is 8.57. The van der Waals surface area contributed by atoms with E-state index in [1.54, 1.807) is 13.8 Å². The first kappa shape index (κ1) is 23.3. The minimum absolute atomic E-state index is 0.0131.